The molecule has 0 spiro atoms. The molecule has 142 valence electrons. The van der Waals surface area contributed by atoms with Crippen molar-refractivity contribution in [1.29, 1.82) is 0 Å². The molecule has 0 bridgehead atoms. The quantitative estimate of drug-likeness (QED) is 0.633. The van der Waals surface area contributed by atoms with Crippen LogP contribution in [0.5, 0.6) is 0 Å². The second-order valence-corrected chi connectivity index (χ2v) is 6.91. The van der Waals surface area contributed by atoms with Crippen LogP contribution in [0.1, 0.15) is 40.5 Å². The highest BCUT2D eigenvalue weighted by Gasteiger charge is 2.18. The third kappa shape index (κ3) is 6.06. The molecule has 0 saturated carbocycles. The Bertz CT molecular complexity index is 810. The summed E-state index contributed by atoms with van der Waals surface area (Å²) < 4.78 is 0. The van der Waals surface area contributed by atoms with Crippen molar-refractivity contribution in [3.05, 3.63) is 66.8 Å². The Morgan fingerprint density at radius 1 is 1.22 bits per heavy atom. The summed E-state index contributed by atoms with van der Waals surface area (Å²) in [6.07, 6.45) is 12.8. The molecule has 1 aromatic carbocycles. The maximum atomic E-state index is 12.2. The molecule has 0 radical (unpaired) electrons. The van der Waals surface area contributed by atoms with E-state index in [0.717, 1.165) is 24.1 Å². The maximum Gasteiger partial charge on any atom is 0.323 e. The second kappa shape index (κ2) is 9.67. The Kier molecular flexibility index (Phi) is 7.29. The Labute approximate surface area is 161 Å². The van der Waals surface area contributed by atoms with E-state index >= 15 is 0 Å². The van der Waals surface area contributed by atoms with Gasteiger partial charge < -0.3 is 10.6 Å². The molecule has 1 heterocycles. The summed E-state index contributed by atoms with van der Waals surface area (Å²) in [6.45, 7) is 8.69. The molecule has 2 rings (SSSR count). The molecule has 0 aliphatic carbocycles. The first-order valence-electron chi connectivity index (χ1n) is 9.27. The van der Waals surface area contributed by atoms with Crippen LogP contribution in [0, 0.1) is 5.41 Å². The van der Waals surface area contributed by atoms with Crippen LogP contribution in [0.2, 0.25) is 0 Å². The van der Waals surface area contributed by atoms with Gasteiger partial charge >= 0.3 is 6.03 Å². The van der Waals surface area contributed by atoms with Crippen LogP contribution in [0.4, 0.5) is 10.5 Å². The van der Waals surface area contributed by atoms with Crippen molar-refractivity contribution in [3.8, 4) is 11.3 Å². The van der Waals surface area contributed by atoms with E-state index in [4.69, 9.17) is 0 Å². The summed E-state index contributed by atoms with van der Waals surface area (Å²) in [5, 5.41) is 5.62. The lowest BCUT2D eigenvalue weighted by atomic mass is 9.81. The Morgan fingerprint density at radius 3 is 2.70 bits per heavy atom. The highest BCUT2D eigenvalue weighted by molar-refractivity contribution is 5.90. The van der Waals surface area contributed by atoms with E-state index in [0.29, 0.717) is 5.69 Å². The number of aromatic nitrogens is 2. The summed E-state index contributed by atoms with van der Waals surface area (Å²) in [5.41, 5.74) is 3.65. The Hall–Kier alpha value is -2.95. The van der Waals surface area contributed by atoms with Gasteiger partial charge in [0, 0.05) is 29.8 Å². The van der Waals surface area contributed by atoms with E-state index in [1.54, 1.807) is 24.8 Å². The van der Waals surface area contributed by atoms with Crippen LogP contribution < -0.4 is 10.6 Å². The Balaban J connectivity index is 2.01. The van der Waals surface area contributed by atoms with E-state index < -0.39 is 0 Å². The van der Waals surface area contributed by atoms with Crippen LogP contribution in [-0.4, -0.2) is 16.0 Å². The molecule has 5 nitrogen and oxygen atoms in total. The van der Waals surface area contributed by atoms with Crippen LogP contribution in [0.15, 0.2) is 66.8 Å². The average molecular weight is 364 g/mol. The van der Waals surface area contributed by atoms with Crippen molar-refractivity contribution in [3.63, 3.8) is 0 Å². The third-order valence-corrected chi connectivity index (χ3v) is 4.55. The number of nitrogens with one attached hydrogen (secondary N) is 2. The van der Waals surface area contributed by atoms with E-state index in [2.05, 4.69) is 54.4 Å². The number of anilines is 1. The first kappa shape index (κ1) is 20.4. The summed E-state index contributed by atoms with van der Waals surface area (Å²) in [4.78, 5) is 20.6. The van der Waals surface area contributed by atoms with Crippen molar-refractivity contribution in [2.45, 2.75) is 40.5 Å². The number of carbonyl (C=O) groups excluding carboxylic acids is 1. The molecular formula is C22H28N4O. The van der Waals surface area contributed by atoms with Crippen molar-refractivity contribution in [1.82, 2.24) is 15.3 Å². The molecular weight excluding hydrogens is 336 g/mol. The number of hydrogen-bond acceptors (Lipinski definition) is 3. The van der Waals surface area contributed by atoms with Crippen LogP contribution in [-0.2, 0) is 0 Å². The molecule has 0 aliphatic rings. The molecule has 0 saturated heterocycles. The van der Waals surface area contributed by atoms with Crippen LogP contribution in [0.25, 0.3) is 11.3 Å². The van der Waals surface area contributed by atoms with Gasteiger partial charge in [0.25, 0.3) is 0 Å². The predicted molar refractivity (Wildman–Crippen MR) is 111 cm³/mol. The molecule has 0 aliphatic heterocycles. The number of urea groups is 1. The number of nitrogens with zero attached hydrogens (tertiary/aromatic N) is 2. The number of benzene rings is 1. The van der Waals surface area contributed by atoms with Gasteiger partial charge in [-0.15, -0.1) is 0 Å². The van der Waals surface area contributed by atoms with Gasteiger partial charge in [-0.25, -0.2) is 4.79 Å². The minimum absolute atomic E-state index is 0.0791. The fourth-order valence-electron chi connectivity index (χ4n) is 2.57. The number of carbonyl (C=O) groups is 1. The van der Waals surface area contributed by atoms with Crippen molar-refractivity contribution >= 4 is 11.7 Å². The molecule has 2 N–H and O–H groups in total. The van der Waals surface area contributed by atoms with E-state index in [9.17, 15) is 4.79 Å². The highest BCUT2D eigenvalue weighted by atomic mass is 16.2. The van der Waals surface area contributed by atoms with Crippen molar-refractivity contribution in [2.75, 3.05) is 5.32 Å². The fraction of sp³-hybridized carbons (Fsp3) is 0.318. The number of hydrogen-bond donors (Lipinski definition) is 2. The molecule has 1 aromatic heterocycles. The van der Waals surface area contributed by atoms with Gasteiger partial charge in [-0.3, -0.25) is 9.97 Å². The minimum atomic E-state index is -0.285. The number of rotatable bonds is 7. The average Bonchev–Trinajstić information content (AvgIpc) is 2.68. The zero-order chi connectivity index (χ0) is 19.7. The summed E-state index contributed by atoms with van der Waals surface area (Å²) in [5.74, 6) is 0. The lowest BCUT2D eigenvalue weighted by Crippen LogP contribution is -2.24. The van der Waals surface area contributed by atoms with E-state index in [1.165, 1.54) is 5.57 Å². The molecule has 5 heteroatoms. The molecule has 2 aromatic rings. The topological polar surface area (TPSA) is 66.9 Å². The monoisotopic (exact) mass is 364 g/mol. The molecule has 27 heavy (non-hydrogen) atoms. The third-order valence-electron chi connectivity index (χ3n) is 4.55. The van der Waals surface area contributed by atoms with Gasteiger partial charge in [-0.1, -0.05) is 45.9 Å². The first-order valence-corrected chi connectivity index (χ1v) is 9.27. The molecule has 0 atom stereocenters. The predicted octanol–water partition coefficient (Wildman–Crippen LogP) is 5.55. The van der Waals surface area contributed by atoms with Gasteiger partial charge in [0.15, 0.2) is 0 Å². The molecule has 0 fully saturated rings. The SMILES string of the molecule is CC/C=C(/C=C/NC(=O)Nc1cccc(-c2cnccn2)c1)C(C)(C)CC. The van der Waals surface area contributed by atoms with Crippen LogP contribution in [0.3, 0.4) is 0 Å². The second-order valence-electron chi connectivity index (χ2n) is 6.91. The lowest BCUT2D eigenvalue weighted by Gasteiger charge is -2.24. The maximum absolute atomic E-state index is 12.2. The summed E-state index contributed by atoms with van der Waals surface area (Å²) in [7, 11) is 0. The number of amides is 2. The summed E-state index contributed by atoms with van der Waals surface area (Å²) in [6, 6.07) is 7.23. The van der Waals surface area contributed by atoms with Crippen molar-refractivity contribution < 1.29 is 4.79 Å². The zero-order valence-electron chi connectivity index (χ0n) is 16.5. The van der Waals surface area contributed by atoms with Gasteiger partial charge in [0.2, 0.25) is 0 Å². The highest BCUT2D eigenvalue weighted by Crippen LogP contribution is 2.31. The molecule has 2 amide bonds. The van der Waals surface area contributed by atoms with E-state index in [1.807, 2.05) is 30.3 Å². The molecule has 0 unspecified atom stereocenters. The Morgan fingerprint density at radius 2 is 2.04 bits per heavy atom. The van der Waals surface area contributed by atoms with Gasteiger partial charge in [-0.05, 0) is 42.0 Å². The number of allylic oxidation sites excluding steroid dienone is 3. The van der Waals surface area contributed by atoms with Crippen LogP contribution >= 0.6 is 0 Å². The van der Waals surface area contributed by atoms with Gasteiger partial charge in [0.05, 0.1) is 11.9 Å². The zero-order valence-corrected chi connectivity index (χ0v) is 16.5. The first-order chi connectivity index (χ1) is 13.0. The minimum Gasteiger partial charge on any atom is -0.314 e. The van der Waals surface area contributed by atoms with E-state index in [-0.39, 0.29) is 11.4 Å². The standard InChI is InChI=1S/C22H28N4O/c1-5-8-18(22(3,4)6-2)11-12-25-21(27)26-19-10-7-9-17(15-19)20-16-23-13-14-24-20/h7-16H,5-6H2,1-4H3,(H2,25,26,27)/b12-11+,18-8-. The van der Waals surface area contributed by atoms with Gasteiger partial charge in [0.1, 0.15) is 0 Å². The normalized spacial score (nSPS) is 12.2. The summed E-state index contributed by atoms with van der Waals surface area (Å²) >= 11 is 0. The largest absolute Gasteiger partial charge is 0.323 e. The smallest absolute Gasteiger partial charge is 0.314 e. The lowest BCUT2D eigenvalue weighted by molar-refractivity contribution is 0.255. The van der Waals surface area contributed by atoms with Crippen molar-refractivity contribution in [2.24, 2.45) is 5.41 Å². The van der Waals surface area contributed by atoms with Gasteiger partial charge in [-0.2, -0.15) is 0 Å². The fourth-order valence-corrected chi connectivity index (χ4v) is 2.57.